The fraction of sp³-hybridized carbons (Fsp3) is 0.278. The third-order valence-corrected chi connectivity index (χ3v) is 9.73. The molecule has 0 aliphatic rings. The second-order valence-electron chi connectivity index (χ2n) is 10.8. The first-order valence-electron chi connectivity index (χ1n) is 15.4. The molecule has 2 amide bonds. The number of carbonyl (C=O) groups excluding carboxylic acids is 2. The van der Waals surface area contributed by atoms with Gasteiger partial charge < -0.3 is 29.2 Å². The van der Waals surface area contributed by atoms with Crippen molar-refractivity contribution in [1.82, 2.24) is 10.2 Å². The number of halogens is 1. The molecule has 0 aliphatic heterocycles. The summed E-state index contributed by atoms with van der Waals surface area (Å²) in [5.74, 6) is 0.165. The SMILES string of the molecule is CCNC(=O)C(Cc1ccccc1)N(Cc1cccc(OC)c1)C(=O)CN(c1cc(Cl)ccc1OC)S(=O)(=O)c1ccc(OC)c(OC)c1. The maximum atomic E-state index is 14.7. The van der Waals surface area contributed by atoms with E-state index in [1.54, 1.807) is 37.3 Å². The van der Waals surface area contributed by atoms with E-state index in [1.165, 1.54) is 63.7 Å². The van der Waals surface area contributed by atoms with Gasteiger partial charge in [0, 0.05) is 30.6 Å². The summed E-state index contributed by atoms with van der Waals surface area (Å²) in [7, 11) is 1.24. The Bertz CT molecular complexity index is 1860. The van der Waals surface area contributed by atoms with E-state index >= 15 is 0 Å². The van der Waals surface area contributed by atoms with E-state index in [-0.39, 0.29) is 40.1 Å². The molecule has 11 nitrogen and oxygen atoms in total. The van der Waals surface area contributed by atoms with E-state index in [4.69, 9.17) is 30.5 Å². The van der Waals surface area contributed by atoms with Crippen LogP contribution < -0.4 is 28.6 Å². The molecular formula is C36H40ClN3O8S. The molecule has 0 radical (unpaired) electrons. The fourth-order valence-electron chi connectivity index (χ4n) is 5.29. The number of hydrogen-bond acceptors (Lipinski definition) is 8. The molecule has 13 heteroatoms. The van der Waals surface area contributed by atoms with E-state index in [1.807, 2.05) is 30.3 Å². The smallest absolute Gasteiger partial charge is 0.265 e. The van der Waals surface area contributed by atoms with Gasteiger partial charge in [-0.2, -0.15) is 0 Å². The molecule has 1 N–H and O–H groups in total. The van der Waals surface area contributed by atoms with Crippen LogP contribution >= 0.6 is 11.6 Å². The molecule has 4 aromatic carbocycles. The Morgan fingerprint density at radius 1 is 0.776 bits per heavy atom. The molecule has 0 aliphatic carbocycles. The zero-order valence-corrected chi connectivity index (χ0v) is 29.6. The van der Waals surface area contributed by atoms with Crippen molar-refractivity contribution in [3.63, 3.8) is 0 Å². The van der Waals surface area contributed by atoms with Crippen molar-refractivity contribution in [2.24, 2.45) is 0 Å². The number of nitrogens with zero attached hydrogens (tertiary/aromatic N) is 2. The number of hydrogen-bond donors (Lipinski definition) is 1. The molecular weight excluding hydrogens is 670 g/mol. The molecule has 0 spiro atoms. The molecule has 260 valence electrons. The van der Waals surface area contributed by atoms with Gasteiger partial charge in [-0.25, -0.2) is 8.42 Å². The molecule has 0 saturated carbocycles. The van der Waals surface area contributed by atoms with E-state index in [0.717, 1.165) is 9.87 Å². The number of nitrogens with one attached hydrogen (secondary N) is 1. The second kappa shape index (κ2) is 16.9. The molecule has 0 fully saturated rings. The Balaban J connectivity index is 1.88. The van der Waals surface area contributed by atoms with Crippen LogP contribution in [0, 0.1) is 0 Å². The third kappa shape index (κ3) is 8.95. The summed E-state index contributed by atoms with van der Waals surface area (Å²) < 4.78 is 51.7. The number of rotatable bonds is 16. The van der Waals surface area contributed by atoms with Gasteiger partial charge >= 0.3 is 0 Å². The minimum absolute atomic E-state index is 0.0251. The highest BCUT2D eigenvalue weighted by Crippen LogP contribution is 2.37. The Kier molecular flexibility index (Phi) is 12.8. The van der Waals surface area contributed by atoms with Crippen molar-refractivity contribution in [2.45, 2.75) is 30.8 Å². The van der Waals surface area contributed by atoms with Crippen LogP contribution in [0.15, 0.2) is 95.9 Å². The Morgan fingerprint density at radius 3 is 2.10 bits per heavy atom. The molecule has 1 unspecified atom stereocenters. The zero-order chi connectivity index (χ0) is 35.6. The summed E-state index contributed by atoms with van der Waals surface area (Å²) in [6.07, 6.45) is 0.172. The summed E-state index contributed by atoms with van der Waals surface area (Å²) in [4.78, 5) is 29.6. The summed E-state index contributed by atoms with van der Waals surface area (Å²) >= 11 is 6.38. The van der Waals surface area contributed by atoms with Gasteiger partial charge in [0.25, 0.3) is 10.0 Å². The average Bonchev–Trinajstić information content (AvgIpc) is 3.12. The number of methoxy groups -OCH3 is 4. The molecule has 4 rings (SSSR count). The molecule has 49 heavy (non-hydrogen) atoms. The van der Waals surface area contributed by atoms with Crippen LogP contribution in [0.4, 0.5) is 5.69 Å². The van der Waals surface area contributed by atoms with Gasteiger partial charge in [0.1, 0.15) is 24.1 Å². The number of amides is 2. The molecule has 1 atom stereocenters. The van der Waals surface area contributed by atoms with Crippen molar-refractivity contribution in [1.29, 1.82) is 0 Å². The number of carbonyl (C=O) groups is 2. The Labute approximate surface area is 292 Å². The quantitative estimate of drug-likeness (QED) is 0.165. The van der Waals surface area contributed by atoms with Crippen LogP contribution in [0.2, 0.25) is 5.02 Å². The molecule has 0 bridgehead atoms. The van der Waals surface area contributed by atoms with Gasteiger partial charge in [0.05, 0.1) is 39.0 Å². The van der Waals surface area contributed by atoms with Gasteiger partial charge in [-0.15, -0.1) is 0 Å². The number of anilines is 1. The van der Waals surface area contributed by atoms with Crippen molar-refractivity contribution in [2.75, 3.05) is 45.8 Å². The Hall–Kier alpha value is -4.94. The molecule has 4 aromatic rings. The Morgan fingerprint density at radius 2 is 1.45 bits per heavy atom. The van der Waals surface area contributed by atoms with E-state index in [2.05, 4.69) is 5.32 Å². The number of benzene rings is 4. The van der Waals surface area contributed by atoms with Crippen LogP contribution in [0.1, 0.15) is 18.1 Å². The van der Waals surface area contributed by atoms with E-state index in [9.17, 15) is 18.0 Å². The normalized spacial score (nSPS) is 11.6. The first-order chi connectivity index (χ1) is 23.6. The van der Waals surface area contributed by atoms with Crippen LogP contribution in [0.3, 0.4) is 0 Å². The van der Waals surface area contributed by atoms with Crippen LogP contribution in [-0.4, -0.2) is 72.7 Å². The lowest BCUT2D eigenvalue weighted by Crippen LogP contribution is -2.53. The van der Waals surface area contributed by atoms with Crippen molar-refractivity contribution in [3.8, 4) is 23.0 Å². The second-order valence-corrected chi connectivity index (χ2v) is 13.1. The lowest BCUT2D eigenvalue weighted by Gasteiger charge is -2.34. The highest BCUT2D eigenvalue weighted by atomic mass is 35.5. The number of sulfonamides is 1. The lowest BCUT2D eigenvalue weighted by atomic mass is 10.0. The van der Waals surface area contributed by atoms with E-state index < -0.39 is 34.4 Å². The summed E-state index contributed by atoms with van der Waals surface area (Å²) in [5.41, 5.74) is 1.51. The molecule has 0 heterocycles. The summed E-state index contributed by atoms with van der Waals surface area (Å²) in [6, 6.07) is 24.0. The number of ether oxygens (including phenoxy) is 4. The summed E-state index contributed by atoms with van der Waals surface area (Å²) in [6.45, 7) is 1.38. The van der Waals surface area contributed by atoms with E-state index in [0.29, 0.717) is 23.6 Å². The highest BCUT2D eigenvalue weighted by molar-refractivity contribution is 7.92. The van der Waals surface area contributed by atoms with Crippen LogP contribution in [0.5, 0.6) is 23.0 Å². The topological polar surface area (TPSA) is 124 Å². The average molecular weight is 710 g/mol. The van der Waals surface area contributed by atoms with Crippen LogP contribution in [0.25, 0.3) is 0 Å². The third-order valence-electron chi connectivity index (χ3n) is 7.74. The van der Waals surface area contributed by atoms with Gasteiger partial charge in [0.2, 0.25) is 11.8 Å². The summed E-state index contributed by atoms with van der Waals surface area (Å²) in [5, 5.41) is 3.06. The standard InChI is InChI=1S/C36H40ClN3O8S/c1-6-38-36(42)31(20-25-11-8-7-9-12-25)39(23-26-13-10-14-28(19-26)45-2)35(41)24-40(30-21-27(37)15-17-32(30)46-3)49(43,44)29-16-18-33(47-4)34(22-29)48-5/h7-19,21-22,31H,6,20,23-24H2,1-5H3,(H,38,42). The predicted octanol–water partition coefficient (Wildman–Crippen LogP) is 5.35. The van der Waals surface area contributed by atoms with Crippen molar-refractivity contribution in [3.05, 3.63) is 107 Å². The number of likely N-dealkylation sites (N-methyl/N-ethyl adjacent to an activating group) is 1. The largest absolute Gasteiger partial charge is 0.497 e. The first kappa shape index (κ1) is 36.9. The zero-order valence-electron chi connectivity index (χ0n) is 28.0. The predicted molar refractivity (Wildman–Crippen MR) is 188 cm³/mol. The lowest BCUT2D eigenvalue weighted by molar-refractivity contribution is -0.140. The maximum absolute atomic E-state index is 14.7. The van der Waals surface area contributed by atoms with Gasteiger partial charge in [-0.3, -0.25) is 13.9 Å². The van der Waals surface area contributed by atoms with Gasteiger partial charge in [-0.05, 0) is 60.5 Å². The fourth-order valence-corrected chi connectivity index (χ4v) is 6.89. The maximum Gasteiger partial charge on any atom is 0.265 e. The molecule has 0 aromatic heterocycles. The van der Waals surface area contributed by atoms with Crippen molar-refractivity contribution < 1.29 is 37.0 Å². The highest BCUT2D eigenvalue weighted by Gasteiger charge is 2.36. The van der Waals surface area contributed by atoms with Crippen LogP contribution in [-0.2, 0) is 32.6 Å². The molecule has 0 saturated heterocycles. The van der Waals surface area contributed by atoms with Crippen molar-refractivity contribution >= 4 is 39.1 Å². The first-order valence-corrected chi connectivity index (χ1v) is 17.2. The monoisotopic (exact) mass is 709 g/mol. The van der Waals surface area contributed by atoms with Gasteiger partial charge in [0.15, 0.2) is 11.5 Å². The minimum Gasteiger partial charge on any atom is -0.497 e. The van der Waals surface area contributed by atoms with Gasteiger partial charge in [-0.1, -0.05) is 54.1 Å². The minimum atomic E-state index is -4.50.